The molecule has 1 aromatic carbocycles. The van der Waals surface area contributed by atoms with Gasteiger partial charge in [0.2, 0.25) is 5.91 Å². The number of carbonyl (C=O) groups excluding carboxylic acids is 4. The highest BCUT2D eigenvalue weighted by Gasteiger charge is 2.54. The Morgan fingerprint density at radius 3 is 1.97 bits per heavy atom. The second-order valence-electron chi connectivity index (χ2n) is 7.21. The highest BCUT2D eigenvalue weighted by Crippen LogP contribution is 2.32. The van der Waals surface area contributed by atoms with Gasteiger partial charge in [0.25, 0.3) is 10.0 Å². The van der Waals surface area contributed by atoms with E-state index < -0.39 is 71.0 Å². The molecular formula is C20H26N2O10S. The molecule has 12 nitrogen and oxygen atoms in total. The third-order valence-corrected chi connectivity index (χ3v) is 6.52. The predicted molar refractivity (Wildman–Crippen MR) is 111 cm³/mol. The Bertz CT molecular complexity index is 997. The van der Waals surface area contributed by atoms with Gasteiger partial charge in [-0.3, -0.25) is 19.2 Å². The number of esters is 3. The van der Waals surface area contributed by atoms with Crippen LogP contribution < -0.4 is 5.73 Å². The van der Waals surface area contributed by atoms with Crippen molar-refractivity contribution in [1.29, 1.82) is 0 Å². The number of rotatable bonds is 7. The first-order chi connectivity index (χ1) is 15.4. The minimum Gasteiger partial charge on any atom is -0.463 e. The largest absolute Gasteiger partial charge is 0.463 e. The van der Waals surface area contributed by atoms with Crippen molar-refractivity contribution < 1.29 is 46.5 Å². The lowest BCUT2D eigenvalue weighted by Gasteiger charge is -2.47. The molecule has 0 spiro atoms. The highest BCUT2D eigenvalue weighted by molar-refractivity contribution is 7.89. The smallest absolute Gasteiger partial charge is 0.303 e. The summed E-state index contributed by atoms with van der Waals surface area (Å²) >= 11 is 0. The van der Waals surface area contributed by atoms with E-state index in [1.807, 2.05) is 0 Å². The lowest BCUT2D eigenvalue weighted by molar-refractivity contribution is -0.229. The Morgan fingerprint density at radius 2 is 1.48 bits per heavy atom. The highest BCUT2D eigenvalue weighted by atomic mass is 32.2. The van der Waals surface area contributed by atoms with Gasteiger partial charge in [0.1, 0.15) is 25.0 Å². The van der Waals surface area contributed by atoms with Crippen molar-refractivity contribution in [1.82, 2.24) is 4.31 Å². The van der Waals surface area contributed by atoms with Crippen molar-refractivity contribution >= 4 is 33.8 Å². The monoisotopic (exact) mass is 486 g/mol. The van der Waals surface area contributed by atoms with Gasteiger partial charge in [-0.2, -0.15) is 0 Å². The summed E-state index contributed by atoms with van der Waals surface area (Å²) in [5, 5.41) is 0. The van der Waals surface area contributed by atoms with E-state index in [1.165, 1.54) is 24.3 Å². The van der Waals surface area contributed by atoms with Crippen LogP contribution in [0.3, 0.4) is 0 Å². The topological polar surface area (TPSA) is 169 Å². The maximum Gasteiger partial charge on any atom is 0.303 e. The number of nitrogens with two attached hydrogens (primary N) is 1. The van der Waals surface area contributed by atoms with E-state index in [0.717, 1.165) is 27.7 Å². The third kappa shape index (κ3) is 6.27. The van der Waals surface area contributed by atoms with Gasteiger partial charge >= 0.3 is 17.9 Å². The van der Waals surface area contributed by atoms with Gasteiger partial charge in [0, 0.05) is 27.7 Å². The van der Waals surface area contributed by atoms with Crippen molar-refractivity contribution in [2.45, 2.75) is 63.2 Å². The van der Waals surface area contributed by atoms with Crippen LogP contribution in [-0.4, -0.2) is 73.7 Å². The third-order valence-electron chi connectivity index (χ3n) is 4.63. The van der Waals surface area contributed by atoms with E-state index in [2.05, 4.69) is 0 Å². The van der Waals surface area contributed by atoms with Gasteiger partial charge in [-0.25, -0.2) is 12.7 Å². The molecule has 1 fully saturated rings. The molecule has 0 bridgehead atoms. The fraction of sp³-hybridized carbons (Fsp3) is 0.500. The van der Waals surface area contributed by atoms with Crippen LogP contribution in [0.5, 0.6) is 0 Å². The molecule has 0 aromatic heterocycles. The van der Waals surface area contributed by atoms with Crippen molar-refractivity contribution in [2.75, 3.05) is 6.61 Å². The van der Waals surface area contributed by atoms with Gasteiger partial charge in [-0.05, 0) is 12.1 Å². The first-order valence-electron chi connectivity index (χ1n) is 9.85. The van der Waals surface area contributed by atoms with E-state index in [9.17, 15) is 27.6 Å². The number of benzene rings is 1. The Morgan fingerprint density at radius 1 is 0.939 bits per heavy atom. The summed E-state index contributed by atoms with van der Waals surface area (Å²) in [6, 6.07) is 5.45. The fourth-order valence-electron chi connectivity index (χ4n) is 3.46. The molecule has 0 radical (unpaired) electrons. The molecule has 1 aliphatic rings. The van der Waals surface area contributed by atoms with Gasteiger partial charge in [-0.1, -0.05) is 18.2 Å². The van der Waals surface area contributed by atoms with Gasteiger partial charge in [0.15, 0.2) is 12.2 Å². The predicted octanol–water partition coefficient (Wildman–Crippen LogP) is -0.297. The fourth-order valence-corrected chi connectivity index (χ4v) is 5.09. The summed E-state index contributed by atoms with van der Waals surface area (Å²) in [5.74, 6) is -3.29. The van der Waals surface area contributed by atoms with E-state index in [4.69, 9.17) is 24.7 Å². The first-order valence-corrected chi connectivity index (χ1v) is 11.3. The van der Waals surface area contributed by atoms with Gasteiger partial charge in [0.05, 0.1) is 4.90 Å². The molecule has 1 aliphatic heterocycles. The van der Waals surface area contributed by atoms with Crippen molar-refractivity contribution in [3.8, 4) is 0 Å². The molecule has 13 heteroatoms. The Balaban J connectivity index is 2.61. The molecule has 0 saturated carbocycles. The van der Waals surface area contributed by atoms with E-state index >= 15 is 0 Å². The second kappa shape index (κ2) is 10.7. The van der Waals surface area contributed by atoms with Crippen LogP contribution in [0.15, 0.2) is 35.2 Å². The molecule has 2 N–H and O–H groups in total. The number of ether oxygens (including phenoxy) is 4. The van der Waals surface area contributed by atoms with Gasteiger partial charge < -0.3 is 24.7 Å². The number of hydrogen-bond acceptors (Lipinski definition) is 11. The molecule has 1 aromatic rings. The standard InChI is InChI=1S/C20H26N2O10S/c1-11(23)22(33(27,28)15-8-6-5-7-9-15)17-19(31-14(4)26)18(30-13(3)25)16(32-20(17)21)10-29-12(2)24/h5-9,16-20H,10,21H2,1-4H3/t16?,17?,18-,19?,20-/m1/s1. The van der Waals surface area contributed by atoms with Gasteiger partial charge in [-0.15, -0.1) is 0 Å². The molecular weight excluding hydrogens is 460 g/mol. The van der Waals surface area contributed by atoms with Crippen LogP contribution in [0.1, 0.15) is 27.7 Å². The lowest BCUT2D eigenvalue weighted by Crippen LogP contribution is -2.69. The molecule has 182 valence electrons. The van der Waals surface area contributed by atoms with Crippen LogP contribution in [0, 0.1) is 0 Å². The zero-order valence-corrected chi connectivity index (χ0v) is 19.3. The number of hydrogen-bond donors (Lipinski definition) is 1. The summed E-state index contributed by atoms with van der Waals surface area (Å²) in [5.41, 5.74) is 6.10. The SMILES string of the molecule is CC(=O)OCC1O[C@@H](N)C(N(C(C)=O)S(=O)(=O)c2ccccc2)C(OC(C)=O)[C@@H]1OC(C)=O. The molecule has 1 amide bonds. The van der Waals surface area contributed by atoms with Crippen molar-refractivity contribution in [2.24, 2.45) is 5.73 Å². The number of sulfonamides is 1. The minimum absolute atomic E-state index is 0.222. The van der Waals surface area contributed by atoms with Crippen LogP contribution in [0.4, 0.5) is 0 Å². The maximum absolute atomic E-state index is 13.4. The number of nitrogens with zero attached hydrogens (tertiary/aromatic N) is 1. The van der Waals surface area contributed by atoms with E-state index in [0.29, 0.717) is 4.31 Å². The van der Waals surface area contributed by atoms with Crippen LogP contribution in [-0.2, 0) is 48.1 Å². The number of carbonyl (C=O) groups is 4. The summed E-state index contributed by atoms with van der Waals surface area (Å²) in [7, 11) is -4.49. The van der Waals surface area contributed by atoms with Crippen molar-refractivity contribution in [3.63, 3.8) is 0 Å². The average molecular weight is 486 g/mol. The zero-order chi connectivity index (χ0) is 24.9. The Hall–Kier alpha value is -3.03. The van der Waals surface area contributed by atoms with Crippen LogP contribution in [0.25, 0.3) is 0 Å². The maximum atomic E-state index is 13.4. The molecule has 2 rings (SSSR count). The Kier molecular flexibility index (Phi) is 8.52. The quantitative estimate of drug-likeness (QED) is 0.397. The van der Waals surface area contributed by atoms with E-state index in [1.54, 1.807) is 6.07 Å². The lowest BCUT2D eigenvalue weighted by atomic mass is 9.95. The van der Waals surface area contributed by atoms with Crippen molar-refractivity contribution in [3.05, 3.63) is 30.3 Å². The molecule has 1 heterocycles. The molecule has 3 unspecified atom stereocenters. The molecule has 33 heavy (non-hydrogen) atoms. The summed E-state index contributed by atoms with van der Waals surface area (Å²) in [6.07, 6.45) is -5.73. The summed E-state index contributed by atoms with van der Waals surface area (Å²) in [6.45, 7) is 3.81. The molecule has 0 aliphatic carbocycles. The van der Waals surface area contributed by atoms with Crippen LogP contribution >= 0.6 is 0 Å². The number of amides is 1. The van der Waals surface area contributed by atoms with E-state index in [-0.39, 0.29) is 4.90 Å². The minimum atomic E-state index is -4.49. The Labute approximate surface area is 190 Å². The molecule has 1 saturated heterocycles. The first kappa shape index (κ1) is 26.2. The van der Waals surface area contributed by atoms with Crippen LogP contribution in [0.2, 0.25) is 0 Å². The average Bonchev–Trinajstić information content (AvgIpc) is 2.70. The second-order valence-corrected chi connectivity index (χ2v) is 9.03. The summed E-state index contributed by atoms with van der Waals surface area (Å²) < 4.78 is 48.2. The zero-order valence-electron chi connectivity index (χ0n) is 18.5. The normalized spacial score (nSPS) is 24.9. The summed E-state index contributed by atoms with van der Waals surface area (Å²) in [4.78, 5) is 47.3. The molecule has 5 atom stereocenters.